The van der Waals surface area contributed by atoms with Crippen LogP contribution < -0.4 is 5.32 Å². The van der Waals surface area contributed by atoms with Gasteiger partial charge in [-0.15, -0.1) is 22.0 Å². The number of benzene rings is 2. The zero-order valence-electron chi connectivity index (χ0n) is 12.9. The van der Waals surface area contributed by atoms with Crippen LogP contribution in [0, 0.1) is 5.82 Å². The predicted octanol–water partition coefficient (Wildman–Crippen LogP) is 4.87. The van der Waals surface area contributed by atoms with Crippen LogP contribution in [-0.4, -0.2) is 21.9 Å². The maximum atomic E-state index is 12.8. The van der Waals surface area contributed by atoms with Crippen molar-refractivity contribution in [2.45, 2.75) is 5.75 Å². The molecule has 1 N–H and O–H groups in total. The van der Waals surface area contributed by atoms with Crippen LogP contribution in [0.3, 0.4) is 0 Å². The van der Waals surface area contributed by atoms with Crippen LogP contribution in [0.1, 0.15) is 5.56 Å². The van der Waals surface area contributed by atoms with Crippen molar-refractivity contribution in [3.05, 3.63) is 64.9 Å². The third-order valence-electron chi connectivity index (χ3n) is 3.18. The van der Waals surface area contributed by atoms with Crippen LogP contribution in [0.5, 0.6) is 0 Å². The van der Waals surface area contributed by atoms with Crippen molar-refractivity contribution in [1.82, 2.24) is 10.2 Å². The summed E-state index contributed by atoms with van der Waals surface area (Å²) in [5.74, 6) is 0.512. The van der Waals surface area contributed by atoms with Gasteiger partial charge in [-0.05, 0) is 29.8 Å². The second kappa shape index (κ2) is 8.42. The van der Waals surface area contributed by atoms with Gasteiger partial charge < -0.3 is 0 Å². The lowest BCUT2D eigenvalue weighted by Gasteiger charge is -2.02. The van der Waals surface area contributed by atoms with Crippen LogP contribution in [0.4, 0.5) is 9.52 Å². The highest BCUT2D eigenvalue weighted by molar-refractivity contribution is 7.99. The van der Waals surface area contributed by atoms with Gasteiger partial charge in [0.1, 0.15) is 10.8 Å². The van der Waals surface area contributed by atoms with Gasteiger partial charge in [0.15, 0.2) is 0 Å². The predicted molar refractivity (Wildman–Crippen MR) is 102 cm³/mol. The molecule has 0 aliphatic heterocycles. The van der Waals surface area contributed by atoms with Crippen LogP contribution >= 0.6 is 34.7 Å². The molecule has 0 aliphatic rings. The average molecular weight is 394 g/mol. The van der Waals surface area contributed by atoms with Crippen LogP contribution in [0.25, 0.3) is 10.6 Å². The minimum atomic E-state index is -0.265. The first kappa shape index (κ1) is 17.8. The Morgan fingerprint density at radius 2 is 1.84 bits per heavy atom. The Bertz CT molecular complexity index is 853. The molecule has 0 fully saturated rings. The van der Waals surface area contributed by atoms with Gasteiger partial charge in [-0.1, -0.05) is 47.2 Å². The fourth-order valence-electron chi connectivity index (χ4n) is 1.98. The molecule has 0 radical (unpaired) electrons. The summed E-state index contributed by atoms with van der Waals surface area (Å²) in [6, 6.07) is 13.5. The number of halogens is 2. The minimum Gasteiger partial charge on any atom is -0.300 e. The molecule has 3 aromatic rings. The number of nitrogens with one attached hydrogen (secondary N) is 1. The molecule has 25 heavy (non-hydrogen) atoms. The smallest absolute Gasteiger partial charge is 0.236 e. The molecule has 0 atom stereocenters. The Labute approximate surface area is 157 Å². The molecule has 0 saturated heterocycles. The summed E-state index contributed by atoms with van der Waals surface area (Å²) in [5, 5.41) is 12.6. The van der Waals surface area contributed by atoms with Gasteiger partial charge >= 0.3 is 0 Å². The lowest BCUT2D eigenvalue weighted by molar-refractivity contribution is -0.113. The van der Waals surface area contributed by atoms with Gasteiger partial charge in [0, 0.05) is 16.3 Å². The Morgan fingerprint density at radius 3 is 2.56 bits per heavy atom. The quantitative estimate of drug-likeness (QED) is 0.649. The Balaban J connectivity index is 1.49. The van der Waals surface area contributed by atoms with Crippen LogP contribution in [0.2, 0.25) is 5.02 Å². The third-order valence-corrected chi connectivity index (χ3v) is 5.32. The minimum absolute atomic E-state index is 0.147. The summed E-state index contributed by atoms with van der Waals surface area (Å²) in [7, 11) is 0. The van der Waals surface area contributed by atoms with E-state index in [1.807, 2.05) is 12.1 Å². The molecular formula is C17H13ClFN3OS2. The van der Waals surface area contributed by atoms with Crippen molar-refractivity contribution in [2.24, 2.45) is 0 Å². The average Bonchev–Trinajstić information content (AvgIpc) is 3.06. The zero-order valence-corrected chi connectivity index (χ0v) is 15.3. The van der Waals surface area contributed by atoms with Gasteiger partial charge in [0.25, 0.3) is 0 Å². The highest BCUT2D eigenvalue weighted by atomic mass is 35.5. The number of hydrogen-bond acceptors (Lipinski definition) is 5. The maximum absolute atomic E-state index is 12.8. The number of nitrogens with zero attached hydrogens (tertiary/aromatic N) is 2. The van der Waals surface area contributed by atoms with Crippen molar-refractivity contribution in [1.29, 1.82) is 0 Å². The van der Waals surface area contributed by atoms with Crippen LogP contribution in [0.15, 0.2) is 48.5 Å². The normalized spacial score (nSPS) is 10.6. The Hall–Kier alpha value is -1.96. The van der Waals surface area contributed by atoms with Crippen molar-refractivity contribution in [2.75, 3.05) is 11.1 Å². The highest BCUT2D eigenvalue weighted by Gasteiger charge is 2.10. The largest absolute Gasteiger partial charge is 0.300 e. The molecule has 0 saturated carbocycles. The van der Waals surface area contributed by atoms with Gasteiger partial charge in [-0.2, -0.15) is 0 Å². The molecule has 0 aliphatic carbocycles. The van der Waals surface area contributed by atoms with E-state index in [1.54, 1.807) is 24.3 Å². The molecule has 0 unspecified atom stereocenters. The third kappa shape index (κ3) is 5.26. The number of carbonyl (C=O) groups is 1. The number of rotatable bonds is 6. The van der Waals surface area contributed by atoms with Gasteiger partial charge in [-0.3, -0.25) is 10.1 Å². The zero-order chi connectivity index (χ0) is 17.6. The summed E-state index contributed by atoms with van der Waals surface area (Å²) < 4.78 is 12.8. The van der Waals surface area contributed by atoms with Crippen LogP contribution in [-0.2, 0) is 10.5 Å². The molecule has 128 valence electrons. The first-order valence-electron chi connectivity index (χ1n) is 7.31. The molecular weight excluding hydrogens is 381 g/mol. The molecule has 1 amide bonds. The summed E-state index contributed by atoms with van der Waals surface area (Å²) in [6.45, 7) is 0. The number of amides is 1. The van der Waals surface area contributed by atoms with E-state index in [2.05, 4.69) is 15.5 Å². The fraction of sp³-hybridized carbons (Fsp3) is 0.118. The molecule has 8 heteroatoms. The molecule has 0 spiro atoms. The Morgan fingerprint density at radius 1 is 1.12 bits per heavy atom. The summed E-state index contributed by atoms with van der Waals surface area (Å²) in [5.41, 5.74) is 1.87. The first-order chi connectivity index (χ1) is 12.1. The maximum Gasteiger partial charge on any atom is 0.236 e. The fourth-order valence-corrected chi connectivity index (χ4v) is 3.66. The van der Waals surface area contributed by atoms with Gasteiger partial charge in [0.05, 0.1) is 5.75 Å². The van der Waals surface area contributed by atoms with E-state index >= 15 is 0 Å². The van der Waals surface area contributed by atoms with E-state index in [0.29, 0.717) is 20.9 Å². The lowest BCUT2D eigenvalue weighted by Crippen LogP contribution is -2.13. The van der Waals surface area contributed by atoms with E-state index in [0.717, 1.165) is 11.1 Å². The van der Waals surface area contributed by atoms with Crippen molar-refractivity contribution in [3.8, 4) is 10.6 Å². The van der Waals surface area contributed by atoms with Crippen molar-refractivity contribution < 1.29 is 9.18 Å². The van der Waals surface area contributed by atoms with E-state index in [9.17, 15) is 9.18 Å². The summed E-state index contributed by atoms with van der Waals surface area (Å²) in [4.78, 5) is 12.0. The number of aromatic nitrogens is 2. The summed E-state index contributed by atoms with van der Waals surface area (Å²) >= 11 is 8.62. The highest BCUT2D eigenvalue weighted by Crippen LogP contribution is 2.27. The molecule has 0 bridgehead atoms. The molecule has 3 rings (SSSR count). The molecule has 4 nitrogen and oxygen atoms in total. The van der Waals surface area contributed by atoms with Crippen molar-refractivity contribution >= 4 is 45.7 Å². The SMILES string of the molecule is O=C(CSCc1ccc(F)cc1)Nc1nnc(-c2ccc(Cl)cc2)s1. The number of carbonyl (C=O) groups excluding carboxylic acids is 1. The Kier molecular flexibility index (Phi) is 6.01. The standard InChI is InChI=1S/C17H13ClFN3OS2/c18-13-5-3-12(4-6-13)16-21-22-17(25-16)20-15(23)10-24-9-11-1-7-14(19)8-2-11/h1-8H,9-10H2,(H,20,22,23). The monoisotopic (exact) mass is 393 g/mol. The number of hydrogen-bond donors (Lipinski definition) is 1. The molecule has 2 aromatic carbocycles. The number of anilines is 1. The van der Waals surface area contributed by atoms with E-state index in [-0.39, 0.29) is 17.5 Å². The molecule has 1 aromatic heterocycles. The topological polar surface area (TPSA) is 54.9 Å². The van der Waals surface area contributed by atoms with Crippen molar-refractivity contribution in [3.63, 3.8) is 0 Å². The van der Waals surface area contributed by atoms with Gasteiger partial charge in [0.2, 0.25) is 11.0 Å². The summed E-state index contributed by atoms with van der Waals surface area (Å²) in [6.07, 6.45) is 0. The lowest BCUT2D eigenvalue weighted by atomic mass is 10.2. The second-order valence-corrected chi connectivity index (χ2v) is 7.49. The molecule has 1 heterocycles. The van der Waals surface area contributed by atoms with E-state index < -0.39 is 0 Å². The van der Waals surface area contributed by atoms with E-state index in [4.69, 9.17) is 11.6 Å². The van der Waals surface area contributed by atoms with Gasteiger partial charge in [-0.25, -0.2) is 4.39 Å². The first-order valence-corrected chi connectivity index (χ1v) is 9.66. The van der Waals surface area contributed by atoms with E-state index in [1.165, 1.54) is 35.2 Å². The number of thioether (sulfide) groups is 1. The second-order valence-electron chi connectivity index (χ2n) is 5.09.